The maximum absolute atomic E-state index is 13.1. The van der Waals surface area contributed by atoms with Crippen LogP contribution >= 0.6 is 11.6 Å². The summed E-state index contributed by atoms with van der Waals surface area (Å²) in [6, 6.07) is 7.85. The van der Waals surface area contributed by atoms with Gasteiger partial charge in [-0.25, -0.2) is 0 Å². The van der Waals surface area contributed by atoms with Crippen molar-refractivity contribution in [1.29, 1.82) is 0 Å². The predicted octanol–water partition coefficient (Wildman–Crippen LogP) is 4.26. The number of likely N-dealkylation sites (tertiary alicyclic amines) is 1. The van der Waals surface area contributed by atoms with Crippen molar-refractivity contribution in [3.8, 4) is 0 Å². The highest BCUT2D eigenvalue weighted by Gasteiger charge is 2.52. The quantitative estimate of drug-likeness (QED) is 0.790. The minimum atomic E-state index is -0.489. The molecule has 0 radical (unpaired) electrons. The van der Waals surface area contributed by atoms with E-state index in [-0.39, 0.29) is 11.3 Å². The molecule has 0 aromatic heterocycles. The van der Waals surface area contributed by atoms with Crippen molar-refractivity contribution in [2.24, 2.45) is 16.0 Å². The Morgan fingerprint density at radius 2 is 1.96 bits per heavy atom. The Morgan fingerprint density at radius 3 is 2.68 bits per heavy atom. The zero-order chi connectivity index (χ0) is 17.8. The van der Waals surface area contributed by atoms with E-state index < -0.39 is 6.10 Å². The maximum Gasteiger partial charge on any atom is 0.267 e. The molecule has 3 aliphatic rings. The molecule has 2 bridgehead atoms. The second kappa shape index (κ2) is 5.73. The highest BCUT2D eigenvalue weighted by Crippen LogP contribution is 2.52. The number of nitrogens with zero attached hydrogens (tertiary/aromatic N) is 2. The largest absolute Gasteiger partial charge is 0.382 e. The third-order valence-corrected chi connectivity index (χ3v) is 6.07. The minimum Gasteiger partial charge on any atom is -0.382 e. The van der Waals surface area contributed by atoms with E-state index in [1.54, 1.807) is 0 Å². The van der Waals surface area contributed by atoms with Gasteiger partial charge in [-0.1, -0.05) is 49.7 Å². The average molecular weight is 361 g/mol. The number of halogens is 1. The van der Waals surface area contributed by atoms with Gasteiger partial charge in [-0.05, 0) is 47.8 Å². The molecule has 1 saturated carbocycles. The van der Waals surface area contributed by atoms with Crippen LogP contribution in [0.1, 0.15) is 52.0 Å². The Balaban J connectivity index is 1.46. The number of rotatable bonds is 2. The Hall–Kier alpha value is -1.55. The maximum atomic E-state index is 13.1. The van der Waals surface area contributed by atoms with Gasteiger partial charge < -0.3 is 9.74 Å². The molecule has 4 rings (SSSR count). The van der Waals surface area contributed by atoms with E-state index in [0.29, 0.717) is 22.9 Å². The smallest absolute Gasteiger partial charge is 0.267 e. The van der Waals surface area contributed by atoms with Crippen LogP contribution in [0.3, 0.4) is 0 Å². The van der Waals surface area contributed by atoms with Gasteiger partial charge in [0.1, 0.15) is 0 Å². The predicted molar refractivity (Wildman–Crippen MR) is 98.7 cm³/mol. The van der Waals surface area contributed by atoms with Gasteiger partial charge in [-0.2, -0.15) is 0 Å². The summed E-state index contributed by atoms with van der Waals surface area (Å²) in [7, 11) is 0. The van der Waals surface area contributed by atoms with Crippen molar-refractivity contribution in [2.75, 3.05) is 6.54 Å². The molecule has 134 valence electrons. The van der Waals surface area contributed by atoms with Crippen LogP contribution in [0.2, 0.25) is 5.02 Å². The molecule has 3 atom stereocenters. The van der Waals surface area contributed by atoms with E-state index >= 15 is 0 Å². The number of carbonyl (C=O) groups is 1. The average Bonchev–Trinajstić information content (AvgIpc) is 3.09. The highest BCUT2D eigenvalue weighted by atomic mass is 35.5. The first kappa shape index (κ1) is 16.9. The summed E-state index contributed by atoms with van der Waals surface area (Å²) in [5.41, 5.74) is 2.33. The number of carbonyl (C=O) groups excluding carboxylic acids is 1. The minimum absolute atomic E-state index is 0.0964. The van der Waals surface area contributed by atoms with Crippen LogP contribution in [0.4, 0.5) is 0 Å². The number of fused-ring (bicyclic) bond motifs is 2. The van der Waals surface area contributed by atoms with Gasteiger partial charge in [0.05, 0.1) is 5.71 Å². The second-order valence-electron chi connectivity index (χ2n) is 9.02. The Morgan fingerprint density at radius 1 is 1.24 bits per heavy atom. The van der Waals surface area contributed by atoms with E-state index in [2.05, 4.69) is 30.8 Å². The molecule has 0 spiro atoms. The molecule has 1 amide bonds. The van der Waals surface area contributed by atoms with Crippen molar-refractivity contribution in [2.45, 2.75) is 58.6 Å². The molecular formula is C20H25ClN2O2. The third kappa shape index (κ3) is 3.17. The van der Waals surface area contributed by atoms with Crippen molar-refractivity contribution in [1.82, 2.24) is 4.90 Å². The molecular weight excluding hydrogens is 336 g/mol. The first-order chi connectivity index (χ1) is 11.7. The van der Waals surface area contributed by atoms with Gasteiger partial charge in [-0.15, -0.1) is 0 Å². The van der Waals surface area contributed by atoms with Crippen LogP contribution < -0.4 is 0 Å². The van der Waals surface area contributed by atoms with Crippen molar-refractivity contribution >= 4 is 23.2 Å². The SMILES string of the molecule is CC1(C)C[C@H]2C[C@@](C)(CN2C(=O)[C@H]2CC(c3ccc(Cl)cc3)=NO2)C1. The molecule has 1 aromatic rings. The Labute approximate surface area is 154 Å². The van der Waals surface area contributed by atoms with Crippen LogP contribution in [0.15, 0.2) is 29.4 Å². The van der Waals surface area contributed by atoms with Crippen LogP contribution in [-0.4, -0.2) is 35.2 Å². The fourth-order valence-electron chi connectivity index (χ4n) is 5.23. The third-order valence-electron chi connectivity index (χ3n) is 5.82. The normalized spacial score (nSPS) is 33.1. The molecule has 5 heteroatoms. The lowest BCUT2D eigenvalue weighted by Gasteiger charge is -2.39. The summed E-state index contributed by atoms with van der Waals surface area (Å²) < 4.78 is 0. The number of amides is 1. The van der Waals surface area contributed by atoms with Crippen molar-refractivity contribution in [3.05, 3.63) is 34.9 Å². The van der Waals surface area contributed by atoms with Crippen LogP contribution in [0, 0.1) is 10.8 Å². The van der Waals surface area contributed by atoms with Crippen LogP contribution in [-0.2, 0) is 9.63 Å². The van der Waals surface area contributed by atoms with Crippen molar-refractivity contribution in [3.63, 3.8) is 0 Å². The summed E-state index contributed by atoms with van der Waals surface area (Å²) in [6.45, 7) is 7.80. The summed E-state index contributed by atoms with van der Waals surface area (Å²) >= 11 is 5.94. The van der Waals surface area contributed by atoms with Gasteiger partial charge in [0.2, 0.25) is 6.10 Å². The lowest BCUT2D eigenvalue weighted by molar-refractivity contribution is -0.143. The van der Waals surface area contributed by atoms with E-state index in [1.807, 2.05) is 24.3 Å². The molecule has 0 N–H and O–H groups in total. The number of hydrogen-bond donors (Lipinski definition) is 0. The van der Waals surface area contributed by atoms with Gasteiger partial charge >= 0.3 is 0 Å². The monoisotopic (exact) mass is 360 g/mol. The zero-order valence-corrected chi connectivity index (χ0v) is 15.8. The summed E-state index contributed by atoms with van der Waals surface area (Å²) in [4.78, 5) is 20.7. The van der Waals surface area contributed by atoms with E-state index in [0.717, 1.165) is 30.7 Å². The number of hydrogen-bond acceptors (Lipinski definition) is 3. The van der Waals surface area contributed by atoms with Crippen LogP contribution in [0.25, 0.3) is 0 Å². The summed E-state index contributed by atoms with van der Waals surface area (Å²) in [5, 5.41) is 4.86. The fraction of sp³-hybridized carbons (Fsp3) is 0.600. The molecule has 1 aliphatic carbocycles. The van der Waals surface area contributed by atoms with Crippen LogP contribution in [0.5, 0.6) is 0 Å². The first-order valence-electron chi connectivity index (χ1n) is 9.04. The number of oxime groups is 1. The second-order valence-corrected chi connectivity index (χ2v) is 9.46. The molecule has 2 aliphatic heterocycles. The molecule has 4 nitrogen and oxygen atoms in total. The highest BCUT2D eigenvalue weighted by molar-refractivity contribution is 6.30. The van der Waals surface area contributed by atoms with Crippen molar-refractivity contribution < 1.29 is 9.63 Å². The van der Waals surface area contributed by atoms with E-state index in [9.17, 15) is 4.79 Å². The van der Waals surface area contributed by atoms with Gasteiger partial charge in [-0.3, -0.25) is 4.79 Å². The molecule has 1 aromatic carbocycles. The Bertz CT molecular complexity index is 728. The lowest BCUT2D eigenvalue weighted by atomic mass is 9.65. The topological polar surface area (TPSA) is 41.9 Å². The zero-order valence-electron chi connectivity index (χ0n) is 15.1. The van der Waals surface area contributed by atoms with Gasteiger partial charge in [0.15, 0.2) is 0 Å². The standard InChI is InChI=1S/C20H25ClN2O2/c1-19(2)9-15-10-20(3,11-19)12-23(15)18(24)17-8-16(22-25-17)13-4-6-14(21)7-5-13/h4-7,15,17H,8-12H2,1-3H3/t15-,17+,20+/m0/s1. The summed E-state index contributed by atoms with van der Waals surface area (Å²) in [6.07, 6.45) is 3.41. The first-order valence-corrected chi connectivity index (χ1v) is 9.42. The van der Waals surface area contributed by atoms with Gasteiger partial charge in [0.25, 0.3) is 5.91 Å². The molecule has 2 fully saturated rings. The molecule has 2 heterocycles. The Kier molecular flexibility index (Phi) is 3.87. The number of benzene rings is 1. The van der Waals surface area contributed by atoms with Gasteiger partial charge in [0, 0.05) is 24.0 Å². The van der Waals surface area contributed by atoms with E-state index in [1.165, 1.54) is 6.42 Å². The summed E-state index contributed by atoms with van der Waals surface area (Å²) in [5.74, 6) is 0.0964. The molecule has 1 saturated heterocycles. The molecule has 25 heavy (non-hydrogen) atoms. The fourth-order valence-corrected chi connectivity index (χ4v) is 5.35. The molecule has 0 unspecified atom stereocenters. The van der Waals surface area contributed by atoms with E-state index in [4.69, 9.17) is 16.4 Å². The lowest BCUT2D eigenvalue weighted by Crippen LogP contribution is -2.43.